The smallest absolute Gasteiger partial charge is 0.277 e. The lowest BCUT2D eigenvalue weighted by Gasteiger charge is -2.06. The Hall–Kier alpha value is -1.86. The lowest BCUT2D eigenvalue weighted by Crippen LogP contribution is -1.93. The van der Waals surface area contributed by atoms with Crippen molar-refractivity contribution in [2.75, 3.05) is 6.61 Å². The molecule has 124 valence electrons. The molecule has 0 radical (unpaired) electrons. The van der Waals surface area contributed by atoms with Gasteiger partial charge in [0.15, 0.2) is 0 Å². The Morgan fingerprint density at radius 3 is 2.83 bits per heavy atom. The van der Waals surface area contributed by atoms with Crippen LogP contribution >= 0.6 is 27.7 Å². The minimum atomic E-state index is -0.275. The van der Waals surface area contributed by atoms with Crippen LogP contribution in [0.5, 0.6) is 5.75 Å². The van der Waals surface area contributed by atoms with Crippen molar-refractivity contribution in [1.82, 2.24) is 10.2 Å². The summed E-state index contributed by atoms with van der Waals surface area (Å²) in [6.45, 7) is 2.48. The van der Waals surface area contributed by atoms with E-state index in [1.807, 2.05) is 31.2 Å². The van der Waals surface area contributed by atoms with Gasteiger partial charge in [0, 0.05) is 10.2 Å². The second kappa shape index (κ2) is 7.81. The minimum absolute atomic E-state index is 0.275. The molecule has 1 aromatic heterocycles. The van der Waals surface area contributed by atoms with Crippen LogP contribution in [0.4, 0.5) is 4.39 Å². The Kier molecular flexibility index (Phi) is 5.52. The maximum absolute atomic E-state index is 13.1. The Balaban J connectivity index is 1.74. The molecular formula is C17H14BrFN2O2S. The second-order valence-electron chi connectivity index (χ2n) is 4.83. The molecule has 3 rings (SSSR count). The summed E-state index contributed by atoms with van der Waals surface area (Å²) in [5.74, 6) is 1.44. The molecule has 0 N–H and O–H groups in total. The van der Waals surface area contributed by atoms with Gasteiger partial charge in [0.2, 0.25) is 0 Å². The van der Waals surface area contributed by atoms with Crippen molar-refractivity contribution < 1.29 is 13.5 Å². The third-order valence-corrected chi connectivity index (χ3v) is 4.80. The number of ether oxygens (including phenoxy) is 1. The summed E-state index contributed by atoms with van der Waals surface area (Å²) in [6.07, 6.45) is 0. The van der Waals surface area contributed by atoms with Gasteiger partial charge in [-0.1, -0.05) is 45.9 Å². The van der Waals surface area contributed by atoms with Crippen LogP contribution in [0.1, 0.15) is 12.5 Å². The number of benzene rings is 2. The number of halogens is 2. The average Bonchev–Trinajstić information content (AvgIpc) is 3.04. The van der Waals surface area contributed by atoms with Crippen molar-refractivity contribution in [1.29, 1.82) is 0 Å². The summed E-state index contributed by atoms with van der Waals surface area (Å²) >= 11 is 4.75. The molecule has 0 fully saturated rings. The van der Waals surface area contributed by atoms with Gasteiger partial charge in [-0.3, -0.25) is 0 Å². The van der Waals surface area contributed by atoms with E-state index < -0.39 is 0 Å². The molecule has 0 aliphatic heterocycles. The molecule has 7 heteroatoms. The lowest BCUT2D eigenvalue weighted by atomic mass is 10.2. The predicted molar refractivity (Wildman–Crippen MR) is 94.6 cm³/mol. The first-order valence-corrected chi connectivity index (χ1v) is 9.07. The monoisotopic (exact) mass is 408 g/mol. The van der Waals surface area contributed by atoms with Gasteiger partial charge in [0.25, 0.3) is 11.1 Å². The molecule has 0 saturated carbocycles. The number of para-hydroxylation sites is 1. The molecule has 0 unspecified atom stereocenters. The first kappa shape index (κ1) is 17.0. The molecule has 0 aliphatic rings. The van der Waals surface area contributed by atoms with Crippen molar-refractivity contribution >= 4 is 27.7 Å². The van der Waals surface area contributed by atoms with Crippen LogP contribution < -0.4 is 4.74 Å². The fraction of sp³-hybridized carbons (Fsp3) is 0.176. The predicted octanol–water partition coefficient (Wildman–Crippen LogP) is 5.33. The highest BCUT2D eigenvalue weighted by Gasteiger charge is 2.14. The molecule has 24 heavy (non-hydrogen) atoms. The Bertz CT molecular complexity index is 841. The highest BCUT2D eigenvalue weighted by molar-refractivity contribution is 9.10. The Morgan fingerprint density at radius 2 is 2.04 bits per heavy atom. The number of aromatic nitrogens is 2. The van der Waals surface area contributed by atoms with Gasteiger partial charge < -0.3 is 9.15 Å². The second-order valence-corrected chi connectivity index (χ2v) is 6.61. The molecule has 0 spiro atoms. The largest absolute Gasteiger partial charge is 0.493 e. The van der Waals surface area contributed by atoms with Crippen LogP contribution in [-0.4, -0.2) is 16.8 Å². The molecule has 0 atom stereocenters. The van der Waals surface area contributed by atoms with E-state index in [1.165, 1.54) is 23.9 Å². The van der Waals surface area contributed by atoms with Crippen LogP contribution in [0.15, 0.2) is 56.6 Å². The normalized spacial score (nSPS) is 10.8. The van der Waals surface area contributed by atoms with Crippen LogP contribution in [0.25, 0.3) is 11.5 Å². The average molecular weight is 409 g/mol. The SMILES string of the molecule is CCOc1ccccc1-c1nnc(SCc2ccc(F)cc2Br)o1. The van der Waals surface area contributed by atoms with Gasteiger partial charge in [0.1, 0.15) is 11.6 Å². The first-order valence-electron chi connectivity index (χ1n) is 7.30. The Labute approximate surface area is 151 Å². The van der Waals surface area contributed by atoms with Crippen LogP contribution in [-0.2, 0) is 5.75 Å². The zero-order valence-corrected chi connectivity index (χ0v) is 15.2. The topological polar surface area (TPSA) is 48.2 Å². The van der Waals surface area contributed by atoms with E-state index in [2.05, 4.69) is 26.1 Å². The van der Waals surface area contributed by atoms with E-state index >= 15 is 0 Å². The molecule has 0 aliphatic carbocycles. The fourth-order valence-corrected chi connectivity index (χ4v) is 3.52. The number of thioether (sulfide) groups is 1. The van der Waals surface area contributed by atoms with Crippen LogP contribution in [0.2, 0.25) is 0 Å². The third-order valence-electron chi connectivity index (χ3n) is 3.19. The van der Waals surface area contributed by atoms with E-state index in [4.69, 9.17) is 9.15 Å². The summed E-state index contributed by atoms with van der Waals surface area (Å²) < 4.78 is 25.1. The number of hydrogen-bond donors (Lipinski definition) is 0. The summed E-state index contributed by atoms with van der Waals surface area (Å²) in [4.78, 5) is 0. The van der Waals surface area contributed by atoms with Gasteiger partial charge in [-0.05, 0) is 36.8 Å². The highest BCUT2D eigenvalue weighted by Crippen LogP contribution is 2.32. The molecule has 0 bridgehead atoms. The van der Waals surface area contributed by atoms with E-state index in [0.717, 1.165) is 15.6 Å². The van der Waals surface area contributed by atoms with E-state index in [0.29, 0.717) is 29.2 Å². The van der Waals surface area contributed by atoms with Crippen molar-refractivity contribution in [3.63, 3.8) is 0 Å². The highest BCUT2D eigenvalue weighted by atomic mass is 79.9. The molecule has 3 aromatic rings. The van der Waals surface area contributed by atoms with Crippen molar-refractivity contribution in [2.24, 2.45) is 0 Å². The summed E-state index contributed by atoms with van der Waals surface area (Å²) in [6, 6.07) is 12.1. The summed E-state index contributed by atoms with van der Waals surface area (Å²) in [5, 5.41) is 8.60. The molecule has 0 saturated heterocycles. The number of rotatable bonds is 6. The fourth-order valence-electron chi connectivity index (χ4n) is 2.08. The van der Waals surface area contributed by atoms with Gasteiger partial charge in [0.05, 0.1) is 12.2 Å². The van der Waals surface area contributed by atoms with E-state index in [-0.39, 0.29) is 5.82 Å². The van der Waals surface area contributed by atoms with Gasteiger partial charge >= 0.3 is 0 Å². The minimum Gasteiger partial charge on any atom is -0.493 e. The standard InChI is InChI=1S/C17H14BrFN2O2S/c1-2-22-15-6-4-3-5-13(15)16-20-21-17(23-16)24-10-11-7-8-12(19)9-14(11)18/h3-9H,2,10H2,1H3. The van der Waals surface area contributed by atoms with Crippen molar-refractivity contribution in [3.8, 4) is 17.2 Å². The van der Waals surface area contributed by atoms with Gasteiger partial charge in [-0.15, -0.1) is 10.2 Å². The zero-order valence-electron chi connectivity index (χ0n) is 12.8. The molecular weight excluding hydrogens is 395 g/mol. The van der Waals surface area contributed by atoms with Crippen molar-refractivity contribution in [3.05, 3.63) is 58.3 Å². The zero-order chi connectivity index (χ0) is 16.9. The molecule has 2 aromatic carbocycles. The molecule has 0 amide bonds. The number of hydrogen-bond acceptors (Lipinski definition) is 5. The van der Waals surface area contributed by atoms with Gasteiger partial charge in [-0.2, -0.15) is 0 Å². The van der Waals surface area contributed by atoms with E-state index in [9.17, 15) is 4.39 Å². The maximum Gasteiger partial charge on any atom is 0.277 e. The Morgan fingerprint density at radius 1 is 1.21 bits per heavy atom. The molecule has 4 nitrogen and oxygen atoms in total. The van der Waals surface area contributed by atoms with Crippen molar-refractivity contribution in [2.45, 2.75) is 17.9 Å². The van der Waals surface area contributed by atoms with Crippen LogP contribution in [0.3, 0.4) is 0 Å². The third kappa shape index (κ3) is 3.96. The maximum atomic E-state index is 13.1. The number of nitrogens with zero attached hydrogens (tertiary/aromatic N) is 2. The molecule has 1 heterocycles. The lowest BCUT2D eigenvalue weighted by molar-refractivity contribution is 0.340. The summed E-state index contributed by atoms with van der Waals surface area (Å²) in [5.41, 5.74) is 1.72. The van der Waals surface area contributed by atoms with E-state index in [1.54, 1.807) is 6.07 Å². The summed E-state index contributed by atoms with van der Waals surface area (Å²) in [7, 11) is 0. The van der Waals surface area contributed by atoms with Gasteiger partial charge in [-0.25, -0.2) is 4.39 Å². The first-order chi connectivity index (χ1) is 11.7. The van der Waals surface area contributed by atoms with Crippen LogP contribution in [0, 0.1) is 5.82 Å². The quantitative estimate of drug-likeness (QED) is 0.515.